The first-order valence-electron chi connectivity index (χ1n) is 10.3. The van der Waals surface area contributed by atoms with Crippen molar-refractivity contribution in [1.29, 1.82) is 0 Å². The van der Waals surface area contributed by atoms with E-state index in [0.717, 1.165) is 25.7 Å². The maximum absolute atomic E-state index is 6.08. The molecule has 2 fully saturated rings. The fourth-order valence-corrected chi connectivity index (χ4v) is 4.08. The predicted octanol–water partition coefficient (Wildman–Crippen LogP) is 3.40. The van der Waals surface area contributed by atoms with E-state index in [4.69, 9.17) is 9.47 Å². The molecule has 2 aliphatic heterocycles. The second-order valence-corrected chi connectivity index (χ2v) is 8.05. The van der Waals surface area contributed by atoms with Crippen LogP contribution >= 0.6 is 0 Å². The smallest absolute Gasteiger partial charge is 0.0596 e. The summed E-state index contributed by atoms with van der Waals surface area (Å²) in [6, 6.07) is 0. The van der Waals surface area contributed by atoms with Gasteiger partial charge in [0.25, 0.3) is 0 Å². The van der Waals surface area contributed by atoms with Gasteiger partial charge in [-0.05, 0) is 84.8 Å². The van der Waals surface area contributed by atoms with Crippen LogP contribution in [0.1, 0.15) is 59.3 Å². The molecular weight excluding hydrogens is 300 g/mol. The quantitative estimate of drug-likeness (QED) is 0.538. The Hall–Kier alpha value is -0.160. The highest BCUT2D eigenvalue weighted by Crippen LogP contribution is 2.22. The molecule has 0 aromatic rings. The summed E-state index contributed by atoms with van der Waals surface area (Å²) in [5, 5.41) is 0. The van der Waals surface area contributed by atoms with E-state index in [1.165, 1.54) is 71.2 Å². The molecule has 2 heterocycles. The Kier molecular flexibility index (Phi) is 9.62. The molecule has 0 radical (unpaired) electrons. The monoisotopic (exact) mass is 340 g/mol. The summed E-state index contributed by atoms with van der Waals surface area (Å²) in [6.45, 7) is 15.6. The largest absolute Gasteiger partial charge is 0.378 e. The van der Waals surface area contributed by atoms with Crippen molar-refractivity contribution < 1.29 is 9.47 Å². The van der Waals surface area contributed by atoms with Crippen molar-refractivity contribution in [1.82, 2.24) is 9.80 Å². The minimum absolute atomic E-state index is 0.347. The Balaban J connectivity index is 1.52. The average molecular weight is 341 g/mol. The molecule has 2 unspecified atom stereocenters. The minimum atomic E-state index is 0.347. The number of hydrogen-bond acceptors (Lipinski definition) is 4. The fraction of sp³-hybridized carbons (Fsp3) is 1.00. The highest BCUT2D eigenvalue weighted by Gasteiger charge is 2.22. The SMILES string of the molecule is CC(C)OCCN1CCCC(CC(C)OCCCN2CCCC2)C1. The second-order valence-electron chi connectivity index (χ2n) is 8.05. The van der Waals surface area contributed by atoms with Gasteiger partial charge >= 0.3 is 0 Å². The molecule has 0 saturated carbocycles. The summed E-state index contributed by atoms with van der Waals surface area (Å²) < 4.78 is 11.8. The van der Waals surface area contributed by atoms with Gasteiger partial charge in [-0.25, -0.2) is 0 Å². The van der Waals surface area contributed by atoms with Crippen molar-refractivity contribution >= 4 is 0 Å². The number of ether oxygens (including phenoxy) is 2. The van der Waals surface area contributed by atoms with Gasteiger partial charge in [-0.1, -0.05) is 0 Å². The van der Waals surface area contributed by atoms with Crippen LogP contribution in [0.25, 0.3) is 0 Å². The zero-order valence-electron chi connectivity index (χ0n) is 16.3. The van der Waals surface area contributed by atoms with Gasteiger partial charge in [-0.3, -0.25) is 0 Å². The van der Waals surface area contributed by atoms with E-state index in [9.17, 15) is 0 Å². The third kappa shape index (κ3) is 8.28. The van der Waals surface area contributed by atoms with Crippen LogP contribution in [-0.4, -0.2) is 74.5 Å². The van der Waals surface area contributed by atoms with Crippen molar-refractivity contribution in [3.8, 4) is 0 Å². The summed E-state index contributed by atoms with van der Waals surface area (Å²) in [6.07, 6.45) is 8.62. The lowest BCUT2D eigenvalue weighted by Gasteiger charge is -2.34. The molecule has 0 aromatic heterocycles. The van der Waals surface area contributed by atoms with E-state index in [2.05, 4.69) is 30.6 Å². The Morgan fingerprint density at radius 1 is 0.875 bits per heavy atom. The first-order chi connectivity index (χ1) is 11.6. The Morgan fingerprint density at radius 3 is 2.38 bits per heavy atom. The number of likely N-dealkylation sites (tertiary alicyclic amines) is 2. The molecule has 142 valence electrons. The van der Waals surface area contributed by atoms with Gasteiger partial charge in [0.1, 0.15) is 0 Å². The third-order valence-electron chi connectivity index (χ3n) is 5.35. The van der Waals surface area contributed by atoms with Crippen molar-refractivity contribution in [2.45, 2.75) is 71.5 Å². The van der Waals surface area contributed by atoms with Crippen LogP contribution in [0.3, 0.4) is 0 Å². The molecule has 0 N–H and O–H groups in total. The van der Waals surface area contributed by atoms with Gasteiger partial charge in [0.15, 0.2) is 0 Å². The van der Waals surface area contributed by atoms with Crippen molar-refractivity contribution in [2.75, 3.05) is 52.5 Å². The van der Waals surface area contributed by atoms with Gasteiger partial charge in [-0.15, -0.1) is 0 Å². The third-order valence-corrected chi connectivity index (χ3v) is 5.35. The number of rotatable bonds is 11. The first kappa shape index (κ1) is 20.2. The van der Waals surface area contributed by atoms with E-state index in [0.29, 0.717) is 12.2 Å². The predicted molar refractivity (Wildman–Crippen MR) is 101 cm³/mol. The maximum atomic E-state index is 6.08. The topological polar surface area (TPSA) is 24.9 Å². The second kappa shape index (κ2) is 11.5. The average Bonchev–Trinajstić information content (AvgIpc) is 3.05. The lowest BCUT2D eigenvalue weighted by Crippen LogP contribution is -2.39. The molecule has 2 rings (SSSR count). The number of nitrogens with zero attached hydrogens (tertiary/aromatic N) is 2. The highest BCUT2D eigenvalue weighted by molar-refractivity contribution is 4.75. The Morgan fingerprint density at radius 2 is 1.62 bits per heavy atom. The molecule has 0 bridgehead atoms. The highest BCUT2D eigenvalue weighted by atomic mass is 16.5. The maximum Gasteiger partial charge on any atom is 0.0596 e. The molecule has 0 amide bonds. The van der Waals surface area contributed by atoms with Crippen LogP contribution < -0.4 is 0 Å². The summed E-state index contributed by atoms with van der Waals surface area (Å²) in [4.78, 5) is 5.16. The van der Waals surface area contributed by atoms with Crippen LogP contribution in [-0.2, 0) is 9.47 Å². The van der Waals surface area contributed by atoms with E-state index in [-0.39, 0.29) is 0 Å². The fourth-order valence-electron chi connectivity index (χ4n) is 4.08. The zero-order chi connectivity index (χ0) is 17.2. The van der Waals surface area contributed by atoms with Crippen molar-refractivity contribution in [3.63, 3.8) is 0 Å². The summed E-state index contributed by atoms with van der Waals surface area (Å²) in [5.41, 5.74) is 0. The van der Waals surface area contributed by atoms with Crippen molar-refractivity contribution in [2.24, 2.45) is 5.92 Å². The lowest BCUT2D eigenvalue weighted by atomic mass is 9.92. The van der Waals surface area contributed by atoms with Crippen LogP contribution in [0.5, 0.6) is 0 Å². The molecule has 4 heteroatoms. The molecular formula is C20H40N2O2. The van der Waals surface area contributed by atoms with E-state index in [1.54, 1.807) is 0 Å². The van der Waals surface area contributed by atoms with Crippen LogP contribution in [0, 0.1) is 5.92 Å². The van der Waals surface area contributed by atoms with Crippen LogP contribution in [0.2, 0.25) is 0 Å². The normalized spacial score (nSPS) is 24.8. The van der Waals surface area contributed by atoms with Gasteiger partial charge in [0.2, 0.25) is 0 Å². The van der Waals surface area contributed by atoms with Gasteiger partial charge in [0, 0.05) is 26.2 Å². The molecule has 0 aliphatic carbocycles. The van der Waals surface area contributed by atoms with Gasteiger partial charge in [0.05, 0.1) is 18.8 Å². The van der Waals surface area contributed by atoms with Gasteiger partial charge in [-0.2, -0.15) is 0 Å². The Bertz CT molecular complexity index is 319. The minimum Gasteiger partial charge on any atom is -0.378 e. The molecule has 2 atom stereocenters. The Labute approximate surface area is 149 Å². The molecule has 24 heavy (non-hydrogen) atoms. The molecule has 4 nitrogen and oxygen atoms in total. The lowest BCUT2D eigenvalue weighted by molar-refractivity contribution is 0.0222. The van der Waals surface area contributed by atoms with Gasteiger partial charge < -0.3 is 19.3 Å². The first-order valence-corrected chi connectivity index (χ1v) is 10.3. The standard InChI is InChI=1S/C20H40N2O2/c1-18(2)23-15-13-22-11-6-8-20(17-22)16-19(3)24-14-7-12-21-9-4-5-10-21/h18-20H,4-17H2,1-3H3. The summed E-state index contributed by atoms with van der Waals surface area (Å²) in [5.74, 6) is 0.798. The van der Waals surface area contributed by atoms with Crippen LogP contribution in [0.4, 0.5) is 0 Å². The molecule has 0 aromatic carbocycles. The molecule has 0 spiro atoms. The van der Waals surface area contributed by atoms with Crippen molar-refractivity contribution in [3.05, 3.63) is 0 Å². The molecule has 2 saturated heterocycles. The number of piperidine rings is 1. The number of hydrogen-bond donors (Lipinski definition) is 0. The summed E-state index contributed by atoms with van der Waals surface area (Å²) >= 11 is 0. The van der Waals surface area contributed by atoms with E-state index >= 15 is 0 Å². The zero-order valence-corrected chi connectivity index (χ0v) is 16.3. The van der Waals surface area contributed by atoms with E-state index in [1.807, 2.05) is 0 Å². The van der Waals surface area contributed by atoms with Crippen LogP contribution in [0.15, 0.2) is 0 Å². The molecule has 2 aliphatic rings. The van der Waals surface area contributed by atoms with E-state index < -0.39 is 0 Å². The summed E-state index contributed by atoms with van der Waals surface area (Å²) in [7, 11) is 0.